The highest BCUT2D eigenvalue weighted by Crippen LogP contribution is 2.29. The maximum absolute atomic E-state index is 12.0. The van der Waals surface area contributed by atoms with Gasteiger partial charge in [0, 0.05) is 41.8 Å². The topological polar surface area (TPSA) is 45.2 Å². The first-order valence-corrected chi connectivity index (χ1v) is 8.46. The van der Waals surface area contributed by atoms with Crippen LogP contribution in [0.4, 0.5) is 5.69 Å². The number of nitrogens with one attached hydrogen (secondary N) is 1. The third-order valence-corrected chi connectivity index (χ3v) is 4.46. The minimum atomic E-state index is 0.0365. The quantitative estimate of drug-likeness (QED) is 0.946. The molecule has 2 aromatic rings. The molecule has 1 atom stereocenters. The van der Waals surface area contributed by atoms with Crippen molar-refractivity contribution in [3.05, 3.63) is 36.0 Å². The fourth-order valence-electron chi connectivity index (χ4n) is 3.23. The number of rotatable bonds is 3. The van der Waals surface area contributed by atoms with Crippen molar-refractivity contribution >= 4 is 22.5 Å². The molecule has 2 heterocycles. The molecular formula is C19H25N3O. The third-order valence-electron chi connectivity index (χ3n) is 4.46. The highest BCUT2D eigenvalue weighted by Gasteiger charge is 2.23. The van der Waals surface area contributed by atoms with Gasteiger partial charge in [-0.3, -0.25) is 9.78 Å². The zero-order chi connectivity index (χ0) is 16.4. The first kappa shape index (κ1) is 15.8. The molecule has 0 radical (unpaired) electrons. The van der Waals surface area contributed by atoms with E-state index in [4.69, 9.17) is 0 Å². The Labute approximate surface area is 137 Å². The van der Waals surface area contributed by atoms with Gasteiger partial charge in [0.1, 0.15) is 0 Å². The largest absolute Gasteiger partial charge is 0.369 e. The van der Waals surface area contributed by atoms with Gasteiger partial charge >= 0.3 is 0 Å². The van der Waals surface area contributed by atoms with E-state index < -0.39 is 0 Å². The van der Waals surface area contributed by atoms with E-state index >= 15 is 0 Å². The Kier molecular flexibility index (Phi) is 4.51. The van der Waals surface area contributed by atoms with E-state index in [2.05, 4.69) is 39.5 Å². The number of carbonyl (C=O) groups is 1. The van der Waals surface area contributed by atoms with E-state index in [-0.39, 0.29) is 17.9 Å². The molecule has 1 aliphatic rings. The molecule has 1 aromatic carbocycles. The average molecular weight is 311 g/mol. The summed E-state index contributed by atoms with van der Waals surface area (Å²) in [5, 5.41) is 4.37. The highest BCUT2D eigenvalue weighted by atomic mass is 16.1. The number of carbonyl (C=O) groups excluding carboxylic acids is 1. The van der Waals surface area contributed by atoms with Crippen molar-refractivity contribution in [1.29, 1.82) is 0 Å². The van der Waals surface area contributed by atoms with Crippen molar-refractivity contribution in [2.75, 3.05) is 18.0 Å². The third kappa shape index (κ3) is 3.46. The lowest BCUT2D eigenvalue weighted by molar-refractivity contribution is -0.124. The second-order valence-corrected chi connectivity index (χ2v) is 6.75. The molecule has 1 fully saturated rings. The fourth-order valence-corrected chi connectivity index (χ4v) is 3.23. The van der Waals surface area contributed by atoms with Crippen LogP contribution in [0.1, 0.15) is 32.4 Å². The number of aromatic nitrogens is 1. The molecule has 0 bridgehead atoms. The molecule has 1 amide bonds. The molecule has 23 heavy (non-hydrogen) atoms. The van der Waals surface area contributed by atoms with E-state index in [0.29, 0.717) is 0 Å². The number of anilines is 1. The Morgan fingerprint density at radius 2 is 2.13 bits per heavy atom. The number of piperidine rings is 1. The van der Waals surface area contributed by atoms with Gasteiger partial charge in [0.15, 0.2) is 0 Å². The minimum absolute atomic E-state index is 0.0365. The monoisotopic (exact) mass is 311 g/mol. The van der Waals surface area contributed by atoms with Crippen molar-refractivity contribution in [1.82, 2.24) is 10.3 Å². The predicted molar refractivity (Wildman–Crippen MR) is 94.7 cm³/mol. The molecular weight excluding hydrogens is 286 g/mol. The first-order chi connectivity index (χ1) is 11.0. The van der Waals surface area contributed by atoms with Crippen molar-refractivity contribution in [3.8, 4) is 0 Å². The number of aryl methyl sites for hydroxylation is 1. The Morgan fingerprint density at radius 3 is 2.91 bits per heavy atom. The molecule has 1 aliphatic heterocycles. The molecule has 1 N–H and O–H groups in total. The van der Waals surface area contributed by atoms with Crippen LogP contribution in [0.25, 0.3) is 10.9 Å². The van der Waals surface area contributed by atoms with E-state index in [1.54, 1.807) is 0 Å². The van der Waals surface area contributed by atoms with Gasteiger partial charge in [-0.15, -0.1) is 0 Å². The van der Waals surface area contributed by atoms with Crippen LogP contribution in [0.5, 0.6) is 0 Å². The van der Waals surface area contributed by atoms with Crippen LogP contribution in [-0.2, 0) is 4.79 Å². The Bertz CT molecular complexity index is 711. The fraction of sp³-hybridized carbons (Fsp3) is 0.474. The minimum Gasteiger partial charge on any atom is -0.369 e. The molecule has 4 heteroatoms. The van der Waals surface area contributed by atoms with Gasteiger partial charge in [-0.1, -0.05) is 32.0 Å². The number of hydrogen-bond donors (Lipinski definition) is 1. The summed E-state index contributed by atoms with van der Waals surface area (Å²) < 4.78 is 0. The molecule has 0 spiro atoms. The zero-order valence-electron chi connectivity index (χ0n) is 14.2. The summed E-state index contributed by atoms with van der Waals surface area (Å²) in [5.41, 5.74) is 3.31. The van der Waals surface area contributed by atoms with Crippen LogP contribution in [0, 0.1) is 12.8 Å². The smallest absolute Gasteiger partial charge is 0.222 e. The lowest BCUT2D eigenvalue weighted by atomic mass is 10.0. The van der Waals surface area contributed by atoms with Gasteiger partial charge in [-0.25, -0.2) is 0 Å². The lowest BCUT2D eigenvalue weighted by Crippen LogP contribution is -2.48. The maximum Gasteiger partial charge on any atom is 0.222 e. The van der Waals surface area contributed by atoms with E-state index in [1.165, 1.54) is 11.1 Å². The summed E-state index contributed by atoms with van der Waals surface area (Å²) >= 11 is 0. The van der Waals surface area contributed by atoms with Crippen molar-refractivity contribution in [2.45, 2.75) is 39.7 Å². The van der Waals surface area contributed by atoms with Crippen molar-refractivity contribution in [2.24, 2.45) is 5.92 Å². The van der Waals surface area contributed by atoms with Gasteiger partial charge in [0.2, 0.25) is 5.91 Å². The SMILES string of the molecule is Cc1cc(N2CCCC(NC(=O)C(C)C)C2)c2ccccc2n1. The number of hydrogen-bond acceptors (Lipinski definition) is 3. The summed E-state index contributed by atoms with van der Waals surface area (Å²) in [6.07, 6.45) is 2.15. The average Bonchev–Trinajstić information content (AvgIpc) is 2.54. The second-order valence-electron chi connectivity index (χ2n) is 6.75. The highest BCUT2D eigenvalue weighted by molar-refractivity contribution is 5.92. The Balaban J connectivity index is 1.85. The summed E-state index contributed by atoms with van der Waals surface area (Å²) in [6, 6.07) is 10.7. The van der Waals surface area contributed by atoms with Crippen LogP contribution in [0.3, 0.4) is 0 Å². The van der Waals surface area contributed by atoms with Crippen LogP contribution < -0.4 is 10.2 Å². The number of nitrogens with zero attached hydrogens (tertiary/aromatic N) is 2. The number of fused-ring (bicyclic) bond motifs is 1. The van der Waals surface area contributed by atoms with E-state index in [9.17, 15) is 4.79 Å². The summed E-state index contributed by atoms with van der Waals surface area (Å²) in [6.45, 7) is 7.82. The molecule has 0 aliphatic carbocycles. The van der Waals surface area contributed by atoms with E-state index in [1.807, 2.05) is 26.8 Å². The standard InChI is InChI=1S/C19H25N3O/c1-13(2)19(23)21-15-7-6-10-22(12-15)18-11-14(3)20-17-9-5-4-8-16(17)18/h4-5,8-9,11,13,15H,6-7,10,12H2,1-3H3,(H,21,23). The molecule has 1 saturated heterocycles. The Morgan fingerprint density at radius 1 is 1.35 bits per heavy atom. The first-order valence-electron chi connectivity index (χ1n) is 8.46. The Hall–Kier alpha value is -2.10. The molecule has 1 unspecified atom stereocenters. The van der Waals surface area contributed by atoms with Crippen molar-refractivity contribution in [3.63, 3.8) is 0 Å². The molecule has 1 aromatic heterocycles. The van der Waals surface area contributed by atoms with Gasteiger partial charge in [-0.05, 0) is 31.9 Å². The van der Waals surface area contributed by atoms with E-state index in [0.717, 1.165) is 37.1 Å². The van der Waals surface area contributed by atoms with Gasteiger partial charge in [0.05, 0.1) is 5.52 Å². The lowest BCUT2D eigenvalue weighted by Gasteiger charge is -2.35. The number of pyridine rings is 1. The van der Waals surface area contributed by atoms with Crippen LogP contribution >= 0.6 is 0 Å². The van der Waals surface area contributed by atoms with Crippen LogP contribution in [0.2, 0.25) is 0 Å². The normalized spacial score (nSPS) is 18.4. The summed E-state index contributed by atoms with van der Waals surface area (Å²) in [5.74, 6) is 0.182. The summed E-state index contributed by atoms with van der Waals surface area (Å²) in [7, 11) is 0. The number of amides is 1. The molecule has 122 valence electrons. The molecule has 0 saturated carbocycles. The number of para-hydroxylation sites is 1. The number of benzene rings is 1. The van der Waals surface area contributed by atoms with Gasteiger partial charge in [0.25, 0.3) is 0 Å². The van der Waals surface area contributed by atoms with Gasteiger partial charge < -0.3 is 10.2 Å². The molecule has 4 nitrogen and oxygen atoms in total. The summed E-state index contributed by atoms with van der Waals surface area (Å²) in [4.78, 5) is 19.0. The van der Waals surface area contributed by atoms with Crippen LogP contribution in [0.15, 0.2) is 30.3 Å². The maximum atomic E-state index is 12.0. The second kappa shape index (κ2) is 6.57. The van der Waals surface area contributed by atoms with Crippen LogP contribution in [-0.4, -0.2) is 30.0 Å². The van der Waals surface area contributed by atoms with Crippen molar-refractivity contribution < 1.29 is 4.79 Å². The molecule has 3 rings (SSSR count). The van der Waals surface area contributed by atoms with Gasteiger partial charge in [-0.2, -0.15) is 0 Å². The predicted octanol–water partition coefficient (Wildman–Crippen LogP) is 3.28. The zero-order valence-corrected chi connectivity index (χ0v) is 14.2.